The first kappa shape index (κ1) is 21.4. The molecule has 3 N–H and O–H groups in total. The fourth-order valence-electron chi connectivity index (χ4n) is 2.85. The summed E-state index contributed by atoms with van der Waals surface area (Å²) in [5, 5.41) is 14.1. The predicted molar refractivity (Wildman–Crippen MR) is 117 cm³/mol. The Morgan fingerprint density at radius 1 is 1.10 bits per heavy atom. The number of benzene rings is 2. The molecule has 2 aromatic carbocycles. The maximum absolute atomic E-state index is 12.3. The van der Waals surface area contributed by atoms with E-state index in [-0.39, 0.29) is 5.91 Å². The molecule has 8 heteroatoms. The first-order chi connectivity index (χ1) is 14.7. The Kier molecular flexibility index (Phi) is 7.82. The van der Waals surface area contributed by atoms with Crippen molar-refractivity contribution in [3.8, 4) is 11.5 Å². The van der Waals surface area contributed by atoms with Crippen molar-refractivity contribution < 1.29 is 19.0 Å². The smallest absolute Gasteiger partial charge is 0.248 e. The van der Waals surface area contributed by atoms with Gasteiger partial charge in [0.25, 0.3) is 0 Å². The van der Waals surface area contributed by atoms with Crippen molar-refractivity contribution in [3.05, 3.63) is 54.2 Å². The molecule has 1 amide bonds. The number of H-pyrrole nitrogens is 1. The summed E-state index contributed by atoms with van der Waals surface area (Å²) in [6.45, 7) is 2.61. The minimum absolute atomic E-state index is 0.264. The number of methoxy groups -OCH3 is 2. The van der Waals surface area contributed by atoms with Crippen LogP contribution in [0.25, 0.3) is 17.0 Å². The van der Waals surface area contributed by atoms with Gasteiger partial charge in [0.2, 0.25) is 5.91 Å². The molecule has 0 saturated carbocycles. The Hall–Kier alpha value is -3.36. The Morgan fingerprint density at radius 2 is 1.93 bits per heavy atom. The first-order valence-corrected chi connectivity index (χ1v) is 9.64. The highest BCUT2D eigenvalue weighted by molar-refractivity contribution is 6.03. The number of amides is 1. The van der Waals surface area contributed by atoms with E-state index < -0.39 is 0 Å². The van der Waals surface area contributed by atoms with Crippen LogP contribution in [-0.2, 0) is 9.53 Å². The Bertz CT molecular complexity index is 1000. The van der Waals surface area contributed by atoms with Gasteiger partial charge < -0.3 is 24.8 Å². The summed E-state index contributed by atoms with van der Waals surface area (Å²) >= 11 is 0. The van der Waals surface area contributed by atoms with Crippen molar-refractivity contribution in [2.24, 2.45) is 0 Å². The number of ether oxygens (including phenoxy) is 3. The number of para-hydroxylation sites is 1. The zero-order valence-electron chi connectivity index (χ0n) is 17.1. The molecule has 158 valence electrons. The van der Waals surface area contributed by atoms with Crippen LogP contribution in [0.4, 0.5) is 5.69 Å². The second-order valence-electron chi connectivity index (χ2n) is 6.43. The summed E-state index contributed by atoms with van der Waals surface area (Å²) in [4.78, 5) is 12.3. The summed E-state index contributed by atoms with van der Waals surface area (Å²) in [5.41, 5.74) is 2.24. The molecule has 3 rings (SSSR count). The second kappa shape index (κ2) is 11.0. The molecular weight excluding hydrogens is 384 g/mol. The van der Waals surface area contributed by atoms with Crippen LogP contribution in [0.1, 0.15) is 5.69 Å². The van der Waals surface area contributed by atoms with Crippen LogP contribution in [0.5, 0.6) is 11.5 Å². The van der Waals surface area contributed by atoms with Crippen LogP contribution in [0.2, 0.25) is 0 Å². The second-order valence-corrected chi connectivity index (χ2v) is 6.43. The normalized spacial score (nSPS) is 11.1. The van der Waals surface area contributed by atoms with Crippen molar-refractivity contribution in [2.75, 3.05) is 45.8 Å². The summed E-state index contributed by atoms with van der Waals surface area (Å²) in [6, 6.07) is 13.0. The van der Waals surface area contributed by atoms with Gasteiger partial charge in [-0.25, -0.2) is 0 Å². The molecule has 0 atom stereocenters. The molecule has 30 heavy (non-hydrogen) atoms. The molecule has 1 aromatic heterocycles. The van der Waals surface area contributed by atoms with Crippen LogP contribution in [-0.4, -0.2) is 56.6 Å². The Labute approximate surface area is 175 Å². The molecule has 0 aliphatic heterocycles. The lowest BCUT2D eigenvalue weighted by atomic mass is 10.2. The van der Waals surface area contributed by atoms with Crippen LogP contribution < -0.4 is 20.1 Å². The van der Waals surface area contributed by atoms with Crippen molar-refractivity contribution >= 4 is 28.6 Å². The van der Waals surface area contributed by atoms with Gasteiger partial charge in [0.1, 0.15) is 6.61 Å². The van der Waals surface area contributed by atoms with E-state index in [9.17, 15) is 4.79 Å². The van der Waals surface area contributed by atoms with Crippen LogP contribution in [0.3, 0.4) is 0 Å². The molecule has 1 heterocycles. The quantitative estimate of drug-likeness (QED) is 0.332. The van der Waals surface area contributed by atoms with Crippen molar-refractivity contribution in [1.82, 2.24) is 15.5 Å². The lowest BCUT2D eigenvalue weighted by molar-refractivity contribution is -0.111. The minimum atomic E-state index is -0.264. The monoisotopic (exact) mass is 410 g/mol. The third kappa shape index (κ3) is 5.82. The van der Waals surface area contributed by atoms with Gasteiger partial charge in [0.05, 0.1) is 24.9 Å². The average molecular weight is 410 g/mol. The van der Waals surface area contributed by atoms with E-state index in [4.69, 9.17) is 14.2 Å². The molecule has 0 saturated heterocycles. The third-order valence-electron chi connectivity index (χ3n) is 4.34. The van der Waals surface area contributed by atoms with E-state index in [1.165, 1.54) is 6.08 Å². The fourth-order valence-corrected chi connectivity index (χ4v) is 2.85. The average Bonchev–Trinajstić information content (AvgIpc) is 3.18. The molecule has 0 unspecified atom stereocenters. The highest BCUT2D eigenvalue weighted by Crippen LogP contribution is 2.30. The van der Waals surface area contributed by atoms with Gasteiger partial charge in [-0.3, -0.25) is 9.89 Å². The molecule has 0 aliphatic carbocycles. The number of fused-ring (bicyclic) bond motifs is 1. The molecule has 0 radical (unpaired) electrons. The Morgan fingerprint density at radius 3 is 2.77 bits per heavy atom. The van der Waals surface area contributed by atoms with Crippen molar-refractivity contribution in [1.29, 1.82) is 0 Å². The van der Waals surface area contributed by atoms with E-state index >= 15 is 0 Å². The maximum atomic E-state index is 12.3. The summed E-state index contributed by atoms with van der Waals surface area (Å²) in [5.74, 6) is 0.898. The summed E-state index contributed by atoms with van der Waals surface area (Å²) < 4.78 is 16.1. The number of carbonyl (C=O) groups is 1. The maximum Gasteiger partial charge on any atom is 0.248 e. The lowest BCUT2D eigenvalue weighted by Gasteiger charge is -2.12. The van der Waals surface area contributed by atoms with Gasteiger partial charge in [0, 0.05) is 43.4 Å². The van der Waals surface area contributed by atoms with E-state index in [2.05, 4.69) is 20.8 Å². The molecule has 0 spiro atoms. The minimum Gasteiger partial charge on any atom is -0.493 e. The number of aromatic amines is 1. The summed E-state index contributed by atoms with van der Waals surface area (Å²) in [7, 11) is 3.23. The number of rotatable bonds is 11. The van der Waals surface area contributed by atoms with Gasteiger partial charge >= 0.3 is 0 Å². The Balaban J connectivity index is 1.56. The number of hydrogen-bond acceptors (Lipinski definition) is 6. The molecule has 0 bridgehead atoms. The zero-order valence-corrected chi connectivity index (χ0v) is 17.1. The van der Waals surface area contributed by atoms with Gasteiger partial charge in [-0.2, -0.15) is 5.10 Å². The predicted octanol–water partition coefficient (Wildman–Crippen LogP) is 2.84. The van der Waals surface area contributed by atoms with E-state index in [0.717, 1.165) is 17.4 Å². The van der Waals surface area contributed by atoms with Gasteiger partial charge in [-0.1, -0.05) is 18.2 Å². The molecule has 0 aliphatic rings. The topological polar surface area (TPSA) is 97.5 Å². The van der Waals surface area contributed by atoms with Crippen LogP contribution in [0, 0.1) is 0 Å². The molecular formula is C22H26N4O4. The third-order valence-corrected chi connectivity index (χ3v) is 4.34. The van der Waals surface area contributed by atoms with E-state index in [0.29, 0.717) is 42.6 Å². The van der Waals surface area contributed by atoms with Crippen LogP contribution in [0.15, 0.2) is 48.5 Å². The zero-order chi connectivity index (χ0) is 21.2. The number of nitrogens with one attached hydrogen (secondary N) is 3. The number of hydrogen-bond donors (Lipinski definition) is 3. The largest absolute Gasteiger partial charge is 0.493 e. The fraction of sp³-hybridized carbons (Fsp3) is 0.273. The lowest BCUT2D eigenvalue weighted by Crippen LogP contribution is -2.24. The van der Waals surface area contributed by atoms with Gasteiger partial charge in [-0.15, -0.1) is 0 Å². The highest BCUT2D eigenvalue weighted by Gasteiger charge is 2.08. The van der Waals surface area contributed by atoms with Gasteiger partial charge in [0.15, 0.2) is 11.5 Å². The number of carbonyl (C=O) groups excluding carboxylic acids is 1. The SMILES string of the molecule is COCCNCCOc1ccc(NC(=O)C=Cc2n[nH]c3ccccc23)cc1OC. The van der Waals surface area contributed by atoms with Crippen LogP contribution >= 0.6 is 0 Å². The van der Waals surface area contributed by atoms with E-state index in [1.54, 1.807) is 38.5 Å². The summed E-state index contributed by atoms with van der Waals surface area (Å²) in [6.07, 6.45) is 3.13. The number of nitrogens with zero attached hydrogens (tertiary/aromatic N) is 1. The molecule has 0 fully saturated rings. The van der Waals surface area contributed by atoms with Gasteiger partial charge in [-0.05, 0) is 24.3 Å². The van der Waals surface area contributed by atoms with E-state index in [1.807, 2.05) is 24.3 Å². The van der Waals surface area contributed by atoms with Crippen molar-refractivity contribution in [2.45, 2.75) is 0 Å². The highest BCUT2D eigenvalue weighted by atomic mass is 16.5. The first-order valence-electron chi connectivity index (χ1n) is 9.64. The number of aromatic nitrogens is 2. The standard InChI is InChI=1S/C22H26N4O4/c1-28-13-11-23-12-14-30-20-9-7-16(15-21(20)29-2)24-22(27)10-8-19-17-5-3-4-6-18(17)25-26-19/h3-10,15,23H,11-14H2,1-2H3,(H,24,27)(H,25,26). The van der Waals surface area contributed by atoms with Crippen molar-refractivity contribution in [3.63, 3.8) is 0 Å². The molecule has 3 aromatic rings. The molecule has 8 nitrogen and oxygen atoms in total. The number of anilines is 1.